The van der Waals surface area contributed by atoms with Gasteiger partial charge in [0.05, 0.1) is 40.5 Å². The van der Waals surface area contributed by atoms with Crippen LogP contribution in [-0.4, -0.2) is 133 Å². The summed E-state index contributed by atoms with van der Waals surface area (Å²) in [4.78, 5) is 51.7. The van der Waals surface area contributed by atoms with E-state index in [9.17, 15) is 19.8 Å². The monoisotopic (exact) mass is 915 g/mol. The summed E-state index contributed by atoms with van der Waals surface area (Å²) in [5.41, 5.74) is -0.535. The Morgan fingerprint density at radius 2 is 1.66 bits per heavy atom. The molecule has 3 aromatic carbocycles. The standard InChI is InChI=1S/C54H67N4O9/c1-8-50(62)29-36-30-53(48(60)65-6,44-38(37-19-13-14-21-41(37)55-44)20-15-26-58(32-36,33-50)31-35-17-11-10-12-18-35)40-27-39-42(28-43(40)64-5)56(4)46-52(39)23-25-57-24-16-22-51(9-2,45(52)57)47(67-34(3)59)54(46,63)49(61)66-7/h10-14,16-19,21-22,27-28,36,45-47,55,62-63H,8-9,15,20,23-26,29-33H2,1-7H3/q+1/t36-,45+,46-,47-,50+,51-,52-,53-,54+,58?/m1/s1. The number of quaternary nitrogens is 1. The third kappa shape index (κ3) is 6.36. The Balaban J connectivity index is 1.26. The molecule has 6 aliphatic rings. The lowest BCUT2D eigenvalue weighted by Crippen LogP contribution is -2.81. The number of aryl methyl sites for hydroxylation is 1. The van der Waals surface area contributed by atoms with Crippen LogP contribution >= 0.6 is 0 Å². The smallest absolute Gasteiger partial charge is 0.344 e. The maximum atomic E-state index is 15.8. The van der Waals surface area contributed by atoms with Crippen LogP contribution in [0.5, 0.6) is 5.75 Å². The van der Waals surface area contributed by atoms with Gasteiger partial charge in [0.25, 0.3) is 0 Å². The fourth-order valence-corrected chi connectivity index (χ4v) is 15.4. The van der Waals surface area contributed by atoms with Crippen LogP contribution in [0.15, 0.2) is 78.9 Å². The van der Waals surface area contributed by atoms with Crippen molar-refractivity contribution in [1.29, 1.82) is 0 Å². The third-order valence-electron chi connectivity index (χ3n) is 17.6. The number of ether oxygens (including phenoxy) is 4. The summed E-state index contributed by atoms with van der Waals surface area (Å²) in [6, 6.07) is 21.6. The predicted octanol–water partition coefficient (Wildman–Crippen LogP) is 6.10. The number of benzene rings is 3. The molecule has 1 saturated carbocycles. The number of aromatic amines is 1. The lowest BCUT2D eigenvalue weighted by atomic mass is 9.47. The maximum Gasteiger partial charge on any atom is 0.344 e. The van der Waals surface area contributed by atoms with Crippen molar-refractivity contribution in [2.45, 2.75) is 112 Å². The van der Waals surface area contributed by atoms with E-state index in [2.05, 4.69) is 71.4 Å². The Kier molecular flexibility index (Phi) is 11.0. The van der Waals surface area contributed by atoms with Crippen LogP contribution in [0.4, 0.5) is 5.69 Å². The van der Waals surface area contributed by atoms with Crippen molar-refractivity contribution in [2.75, 3.05) is 66.0 Å². The molecule has 2 saturated heterocycles. The molecule has 13 heteroatoms. The average Bonchev–Trinajstić information content (AvgIpc) is 3.98. The minimum atomic E-state index is -2.32. The summed E-state index contributed by atoms with van der Waals surface area (Å²) < 4.78 is 25.0. The van der Waals surface area contributed by atoms with Crippen molar-refractivity contribution < 1.29 is 48.0 Å². The zero-order chi connectivity index (χ0) is 47.3. The molecule has 356 valence electrons. The minimum Gasteiger partial charge on any atom is -0.496 e. The molecule has 13 nitrogen and oxygen atoms in total. The Labute approximate surface area is 393 Å². The van der Waals surface area contributed by atoms with E-state index in [1.165, 1.54) is 26.7 Å². The molecule has 10 rings (SSSR count). The molecule has 6 heterocycles. The predicted molar refractivity (Wildman–Crippen MR) is 254 cm³/mol. The zero-order valence-electron chi connectivity index (χ0n) is 40.1. The van der Waals surface area contributed by atoms with Gasteiger partial charge in [0, 0.05) is 89.2 Å². The lowest BCUT2D eigenvalue weighted by molar-refractivity contribution is -0.955. The first-order chi connectivity index (χ1) is 32.1. The first kappa shape index (κ1) is 45.6. The minimum absolute atomic E-state index is 0.146. The number of para-hydroxylation sites is 1. The number of nitrogens with one attached hydrogen (secondary N) is 1. The van der Waals surface area contributed by atoms with Crippen molar-refractivity contribution >= 4 is 34.5 Å². The van der Waals surface area contributed by atoms with Crippen LogP contribution in [-0.2, 0) is 52.4 Å². The number of likely N-dealkylation sites (N-methyl/N-ethyl adjacent to an activating group) is 1. The summed E-state index contributed by atoms with van der Waals surface area (Å²) in [6.07, 6.45) is 6.75. The van der Waals surface area contributed by atoms with E-state index in [0.717, 1.165) is 59.5 Å². The molecule has 4 aromatic rings. The van der Waals surface area contributed by atoms with E-state index in [1.54, 1.807) is 7.11 Å². The van der Waals surface area contributed by atoms with Gasteiger partial charge < -0.3 is 43.5 Å². The van der Waals surface area contributed by atoms with Gasteiger partial charge in [-0.1, -0.05) is 74.5 Å². The average molecular weight is 916 g/mol. The van der Waals surface area contributed by atoms with Gasteiger partial charge in [-0.2, -0.15) is 0 Å². The number of aromatic nitrogens is 1. The molecular formula is C54H67N4O9+. The Morgan fingerprint density at radius 3 is 2.36 bits per heavy atom. The van der Waals surface area contributed by atoms with E-state index in [0.29, 0.717) is 74.0 Å². The Bertz CT molecular complexity index is 2650. The summed E-state index contributed by atoms with van der Waals surface area (Å²) in [7, 11) is 6.22. The summed E-state index contributed by atoms with van der Waals surface area (Å²) in [6.45, 7) is 9.68. The number of nitrogens with zero attached hydrogens (tertiary/aromatic N) is 3. The Hall–Kier alpha value is -5.21. The van der Waals surface area contributed by atoms with E-state index in [4.69, 9.17) is 18.9 Å². The summed E-state index contributed by atoms with van der Waals surface area (Å²) in [5.74, 6) is -1.61. The van der Waals surface area contributed by atoms with Gasteiger partial charge in [0.15, 0.2) is 6.10 Å². The van der Waals surface area contributed by atoms with Gasteiger partial charge in [-0.3, -0.25) is 14.5 Å². The van der Waals surface area contributed by atoms with Gasteiger partial charge >= 0.3 is 17.9 Å². The van der Waals surface area contributed by atoms with Gasteiger partial charge in [-0.05, 0) is 68.3 Å². The van der Waals surface area contributed by atoms with Crippen LogP contribution < -0.4 is 9.64 Å². The van der Waals surface area contributed by atoms with E-state index >= 15 is 4.79 Å². The molecular weight excluding hydrogens is 849 g/mol. The highest BCUT2D eigenvalue weighted by atomic mass is 16.6. The van der Waals surface area contributed by atoms with Gasteiger partial charge in [-0.25, -0.2) is 4.79 Å². The first-order valence-corrected chi connectivity index (χ1v) is 24.3. The quantitative estimate of drug-likeness (QED) is 0.0775. The fourth-order valence-electron chi connectivity index (χ4n) is 15.4. The largest absolute Gasteiger partial charge is 0.496 e. The van der Waals surface area contributed by atoms with Crippen LogP contribution in [0.25, 0.3) is 10.9 Å². The maximum absolute atomic E-state index is 15.8. The second-order valence-corrected chi connectivity index (χ2v) is 20.9. The number of piperidine rings is 1. The van der Waals surface area contributed by atoms with Gasteiger partial charge in [0.2, 0.25) is 5.60 Å². The molecule has 1 unspecified atom stereocenters. The summed E-state index contributed by atoms with van der Waals surface area (Å²) in [5, 5.41) is 27.2. The van der Waals surface area contributed by atoms with Crippen LogP contribution in [0.3, 0.4) is 0 Å². The van der Waals surface area contributed by atoms with Crippen molar-refractivity contribution in [3.63, 3.8) is 0 Å². The number of anilines is 1. The van der Waals surface area contributed by atoms with Crippen molar-refractivity contribution in [2.24, 2.45) is 11.3 Å². The number of rotatable bonds is 9. The molecule has 67 heavy (non-hydrogen) atoms. The number of fused-ring (bicyclic) bond motifs is 6. The number of H-pyrrole nitrogens is 1. The highest BCUT2D eigenvalue weighted by Crippen LogP contribution is 2.68. The molecule has 10 atom stereocenters. The second kappa shape index (κ2) is 16.2. The number of carbonyl (C=O) groups excluding carboxylic acids is 3. The van der Waals surface area contributed by atoms with E-state index in [1.807, 2.05) is 43.1 Å². The topological polar surface area (TPSA) is 151 Å². The number of hydrogen-bond acceptors (Lipinski definition) is 11. The fraction of sp³-hybridized carbons (Fsp3) is 0.537. The SMILES string of the molecule is CC[C@]1(O)C[C@@H]2C[C@@](C(=O)OC)(c3cc4c(cc3OC)N(C)[C@H]3[C@@](O)(C(=O)OC)[C@H](OC(C)=O)[C@]5(CC)C=CCN6CC[C@]43[C@@H]65)c3[nH]c4ccccc4c3CCC[N+](Cc3ccccc3)(C2)C1. The van der Waals surface area contributed by atoms with Crippen molar-refractivity contribution in [1.82, 2.24) is 9.88 Å². The number of carbonyl (C=O) groups is 3. The van der Waals surface area contributed by atoms with Crippen LogP contribution in [0.2, 0.25) is 0 Å². The highest BCUT2D eigenvalue weighted by molar-refractivity contribution is 5.95. The zero-order valence-corrected chi connectivity index (χ0v) is 40.1. The Morgan fingerprint density at radius 1 is 0.910 bits per heavy atom. The first-order valence-electron chi connectivity index (χ1n) is 24.3. The highest BCUT2D eigenvalue weighted by Gasteiger charge is 2.80. The molecule has 2 bridgehead atoms. The van der Waals surface area contributed by atoms with E-state index in [-0.39, 0.29) is 12.0 Å². The van der Waals surface area contributed by atoms with Gasteiger partial charge in [-0.15, -0.1) is 0 Å². The van der Waals surface area contributed by atoms with Crippen LogP contribution in [0, 0.1) is 11.3 Å². The molecule has 1 aromatic heterocycles. The molecule has 1 aliphatic carbocycles. The number of aliphatic hydroxyl groups is 2. The number of esters is 3. The van der Waals surface area contributed by atoms with Crippen molar-refractivity contribution in [3.05, 3.63) is 107 Å². The number of hydrogen-bond donors (Lipinski definition) is 3. The van der Waals surface area contributed by atoms with Gasteiger partial charge in [0.1, 0.15) is 29.9 Å². The molecule has 3 N–H and O–H groups in total. The normalized spacial score (nSPS) is 35.2. The molecule has 0 amide bonds. The van der Waals surface area contributed by atoms with E-state index < -0.39 is 57.5 Å². The lowest BCUT2D eigenvalue weighted by Gasteiger charge is -2.63. The second-order valence-electron chi connectivity index (χ2n) is 20.9. The molecule has 0 radical (unpaired) electrons. The number of methoxy groups -OCH3 is 3. The third-order valence-corrected chi connectivity index (χ3v) is 17.6. The molecule has 1 spiro atoms. The molecule has 3 fully saturated rings. The molecule has 5 aliphatic heterocycles. The summed E-state index contributed by atoms with van der Waals surface area (Å²) >= 11 is 0. The van der Waals surface area contributed by atoms with Crippen molar-refractivity contribution in [3.8, 4) is 5.75 Å². The van der Waals surface area contributed by atoms with Crippen LogP contribution in [0.1, 0.15) is 87.2 Å².